The van der Waals surface area contributed by atoms with Gasteiger partial charge in [-0.15, -0.1) is 6.58 Å². The zero-order valence-electron chi connectivity index (χ0n) is 7.12. The zero-order chi connectivity index (χ0) is 8.53. The summed E-state index contributed by atoms with van der Waals surface area (Å²) >= 11 is 0. The Morgan fingerprint density at radius 3 is 2.42 bits per heavy atom. The van der Waals surface area contributed by atoms with Gasteiger partial charge in [-0.2, -0.15) is 0 Å². The molecule has 0 unspecified atom stereocenters. The molecule has 0 aromatic heterocycles. The molecule has 0 radical (unpaired) electrons. The van der Waals surface area contributed by atoms with E-state index in [1.165, 1.54) is 6.08 Å². The van der Waals surface area contributed by atoms with Gasteiger partial charge in [-0.05, 0) is 25.7 Å². The number of carboxylic acid groups (broad SMARTS) is 1. The number of aliphatic carboxylic acids is 1. The van der Waals surface area contributed by atoms with Gasteiger partial charge in [0.2, 0.25) is 0 Å². The van der Waals surface area contributed by atoms with Crippen molar-refractivity contribution in [1.82, 2.24) is 0 Å². The van der Waals surface area contributed by atoms with Gasteiger partial charge < -0.3 is 10.6 Å². The van der Waals surface area contributed by atoms with E-state index in [1.54, 1.807) is 6.08 Å². The summed E-state index contributed by atoms with van der Waals surface area (Å²) in [5.74, 6) is -0.867. The van der Waals surface area contributed by atoms with Crippen LogP contribution >= 0.6 is 0 Å². The minimum absolute atomic E-state index is 0. The maximum atomic E-state index is 9.99. The Balaban J connectivity index is 0. The molecule has 0 rings (SSSR count). The maximum absolute atomic E-state index is 9.99. The Hall–Kier alpha value is -1.09. The Labute approximate surface area is 72.7 Å². The molecule has 12 heavy (non-hydrogen) atoms. The van der Waals surface area contributed by atoms with E-state index in [0.29, 0.717) is 0 Å². The van der Waals surface area contributed by atoms with Crippen LogP contribution < -0.4 is 0 Å². The molecule has 0 aliphatic carbocycles. The highest BCUT2D eigenvalue weighted by molar-refractivity contribution is 5.79. The molecule has 0 fully saturated rings. The molecule has 0 bridgehead atoms. The molecule has 0 aliphatic rings. The average molecular weight is 172 g/mol. The summed E-state index contributed by atoms with van der Waals surface area (Å²) in [5, 5.41) is 8.21. The summed E-state index contributed by atoms with van der Waals surface area (Å²) in [6, 6.07) is 0. The first-order chi connectivity index (χ1) is 5.27. The third-order valence-corrected chi connectivity index (χ3v) is 1.29. The number of carboxylic acids is 1. The van der Waals surface area contributed by atoms with Gasteiger partial charge in [0, 0.05) is 6.08 Å². The summed E-state index contributed by atoms with van der Waals surface area (Å²) in [5.41, 5.74) is 0. The van der Waals surface area contributed by atoms with E-state index in [1.807, 2.05) is 6.08 Å². The standard InChI is InChI=1S/C9H14O2.H2O/c1-2-3-4-5-6-7-8-9(10)11;/h2,7-8H,1,3-6H2,(H,10,11);1H2. The number of allylic oxidation sites excluding steroid dienone is 2. The molecule has 0 saturated heterocycles. The Morgan fingerprint density at radius 1 is 1.33 bits per heavy atom. The molecule has 0 heterocycles. The van der Waals surface area contributed by atoms with E-state index in [9.17, 15) is 4.79 Å². The summed E-state index contributed by atoms with van der Waals surface area (Å²) in [7, 11) is 0. The van der Waals surface area contributed by atoms with Gasteiger partial charge in [0.05, 0.1) is 0 Å². The van der Waals surface area contributed by atoms with Crippen LogP contribution in [0.1, 0.15) is 25.7 Å². The van der Waals surface area contributed by atoms with Crippen molar-refractivity contribution in [2.24, 2.45) is 0 Å². The van der Waals surface area contributed by atoms with Crippen molar-refractivity contribution in [2.45, 2.75) is 25.7 Å². The van der Waals surface area contributed by atoms with Gasteiger partial charge in [0.15, 0.2) is 0 Å². The number of rotatable bonds is 6. The molecular weight excluding hydrogens is 156 g/mol. The van der Waals surface area contributed by atoms with Crippen LogP contribution in [0.15, 0.2) is 24.8 Å². The van der Waals surface area contributed by atoms with E-state index in [4.69, 9.17) is 5.11 Å². The molecule has 0 aromatic carbocycles. The first-order valence-corrected chi connectivity index (χ1v) is 3.77. The van der Waals surface area contributed by atoms with Crippen molar-refractivity contribution in [2.75, 3.05) is 0 Å². The van der Waals surface area contributed by atoms with Crippen molar-refractivity contribution in [3.63, 3.8) is 0 Å². The van der Waals surface area contributed by atoms with Crippen LogP contribution in [0, 0.1) is 0 Å². The fourth-order valence-electron chi connectivity index (χ4n) is 0.735. The minimum atomic E-state index is -0.867. The van der Waals surface area contributed by atoms with Crippen molar-refractivity contribution in [1.29, 1.82) is 0 Å². The van der Waals surface area contributed by atoms with E-state index >= 15 is 0 Å². The first kappa shape index (κ1) is 13.5. The van der Waals surface area contributed by atoms with Gasteiger partial charge in [-0.1, -0.05) is 12.2 Å². The number of unbranched alkanes of at least 4 members (excludes halogenated alkanes) is 3. The van der Waals surface area contributed by atoms with Crippen molar-refractivity contribution in [3.8, 4) is 0 Å². The summed E-state index contributed by atoms with van der Waals surface area (Å²) in [6.07, 6.45) is 8.74. The van der Waals surface area contributed by atoms with Crippen LogP contribution in [0.5, 0.6) is 0 Å². The molecule has 0 saturated carbocycles. The predicted molar refractivity (Wildman–Crippen MR) is 49.1 cm³/mol. The molecule has 0 aromatic rings. The van der Waals surface area contributed by atoms with Gasteiger partial charge in [0.25, 0.3) is 0 Å². The number of hydrogen-bond acceptors (Lipinski definition) is 1. The number of hydrogen-bond donors (Lipinski definition) is 1. The van der Waals surface area contributed by atoms with Gasteiger partial charge in [-0.25, -0.2) is 4.79 Å². The Morgan fingerprint density at radius 2 is 1.92 bits per heavy atom. The summed E-state index contributed by atoms with van der Waals surface area (Å²) in [4.78, 5) is 9.99. The monoisotopic (exact) mass is 172 g/mol. The van der Waals surface area contributed by atoms with Crippen LogP contribution in [-0.4, -0.2) is 16.6 Å². The lowest BCUT2D eigenvalue weighted by molar-refractivity contribution is -0.131. The van der Waals surface area contributed by atoms with Crippen LogP contribution in [0.3, 0.4) is 0 Å². The highest BCUT2D eigenvalue weighted by atomic mass is 16.4. The second-order valence-corrected chi connectivity index (χ2v) is 2.31. The van der Waals surface area contributed by atoms with Crippen molar-refractivity contribution < 1.29 is 15.4 Å². The van der Waals surface area contributed by atoms with E-state index < -0.39 is 5.97 Å². The molecule has 3 N–H and O–H groups in total. The molecule has 0 atom stereocenters. The largest absolute Gasteiger partial charge is 0.478 e. The third kappa shape index (κ3) is 11.7. The van der Waals surface area contributed by atoms with Crippen LogP contribution in [-0.2, 0) is 4.79 Å². The van der Waals surface area contributed by atoms with E-state index in [2.05, 4.69) is 6.58 Å². The molecule has 3 nitrogen and oxygen atoms in total. The van der Waals surface area contributed by atoms with Crippen molar-refractivity contribution >= 4 is 5.97 Å². The molecule has 70 valence electrons. The molecule has 0 spiro atoms. The van der Waals surface area contributed by atoms with Gasteiger partial charge in [-0.3, -0.25) is 0 Å². The zero-order valence-corrected chi connectivity index (χ0v) is 7.12. The van der Waals surface area contributed by atoms with Gasteiger partial charge in [0.1, 0.15) is 0 Å². The number of carbonyl (C=O) groups is 1. The lowest BCUT2D eigenvalue weighted by Crippen LogP contribution is -1.85. The molecule has 0 aliphatic heterocycles. The fraction of sp³-hybridized carbons (Fsp3) is 0.444. The van der Waals surface area contributed by atoms with Gasteiger partial charge >= 0.3 is 5.97 Å². The minimum Gasteiger partial charge on any atom is -0.478 e. The van der Waals surface area contributed by atoms with Crippen LogP contribution in [0.25, 0.3) is 0 Å². The lowest BCUT2D eigenvalue weighted by Gasteiger charge is -1.90. The topological polar surface area (TPSA) is 68.8 Å². The normalized spacial score (nSPS) is 9.33. The smallest absolute Gasteiger partial charge is 0.327 e. The highest BCUT2D eigenvalue weighted by Gasteiger charge is 1.85. The third-order valence-electron chi connectivity index (χ3n) is 1.29. The maximum Gasteiger partial charge on any atom is 0.327 e. The second kappa shape index (κ2) is 9.91. The second-order valence-electron chi connectivity index (χ2n) is 2.31. The Kier molecular flexibility index (Phi) is 11.1. The molecular formula is C9H16O3. The lowest BCUT2D eigenvalue weighted by atomic mass is 10.2. The highest BCUT2D eigenvalue weighted by Crippen LogP contribution is 2.00. The molecule has 3 heteroatoms. The van der Waals surface area contributed by atoms with E-state index in [0.717, 1.165) is 25.7 Å². The average Bonchev–Trinajstić information content (AvgIpc) is 1.96. The first-order valence-electron chi connectivity index (χ1n) is 3.77. The fourth-order valence-corrected chi connectivity index (χ4v) is 0.735. The predicted octanol–water partition coefficient (Wildman–Crippen LogP) is 1.55. The SMILES string of the molecule is C=CCCCCC=CC(=O)O.O. The Bertz CT molecular complexity index is 150. The summed E-state index contributed by atoms with van der Waals surface area (Å²) < 4.78 is 0. The molecule has 0 amide bonds. The summed E-state index contributed by atoms with van der Waals surface area (Å²) in [6.45, 7) is 3.59. The quantitative estimate of drug-likeness (QED) is 0.375. The van der Waals surface area contributed by atoms with Crippen molar-refractivity contribution in [3.05, 3.63) is 24.8 Å². The van der Waals surface area contributed by atoms with Crippen LogP contribution in [0.4, 0.5) is 0 Å². The van der Waals surface area contributed by atoms with E-state index in [-0.39, 0.29) is 5.48 Å². The van der Waals surface area contributed by atoms with Crippen LogP contribution in [0.2, 0.25) is 0 Å².